The van der Waals surface area contributed by atoms with E-state index in [0.717, 1.165) is 34.4 Å². The maximum atomic E-state index is 13.9. The van der Waals surface area contributed by atoms with Crippen molar-refractivity contribution in [2.45, 2.75) is 44.4 Å². The molecule has 0 radical (unpaired) electrons. The van der Waals surface area contributed by atoms with E-state index in [4.69, 9.17) is 33.2 Å². The Hall–Kier alpha value is -1.69. The van der Waals surface area contributed by atoms with Gasteiger partial charge in [0.2, 0.25) is 5.91 Å². The minimum absolute atomic E-state index is 0.0458. The molecule has 7 heteroatoms. The molecule has 1 heterocycles. The van der Waals surface area contributed by atoms with Gasteiger partial charge in [-0.3, -0.25) is 4.79 Å². The van der Waals surface area contributed by atoms with E-state index in [9.17, 15) is 4.79 Å². The van der Waals surface area contributed by atoms with E-state index in [2.05, 4.69) is 42.0 Å². The number of carbonyl (C=O) groups is 1. The van der Waals surface area contributed by atoms with Gasteiger partial charge in [-0.05, 0) is 58.5 Å². The number of para-hydroxylation sites is 1. The van der Waals surface area contributed by atoms with E-state index >= 15 is 0 Å². The molecule has 2 bridgehead atoms. The van der Waals surface area contributed by atoms with Gasteiger partial charge in [-0.25, -0.2) is 9.97 Å². The van der Waals surface area contributed by atoms with Crippen molar-refractivity contribution in [1.29, 1.82) is 0 Å². The summed E-state index contributed by atoms with van der Waals surface area (Å²) in [5, 5.41) is 4.03. The second kappa shape index (κ2) is 6.41. The monoisotopic (exact) mass is 503 g/mol. The van der Waals surface area contributed by atoms with Gasteiger partial charge in [-0.2, -0.15) is 0 Å². The lowest BCUT2D eigenvalue weighted by molar-refractivity contribution is -0.125. The Labute approximate surface area is 193 Å². The van der Waals surface area contributed by atoms with Crippen LogP contribution < -0.4 is 5.32 Å². The average Bonchev–Trinajstić information content (AvgIpc) is 2.99. The van der Waals surface area contributed by atoms with Crippen molar-refractivity contribution in [2.24, 2.45) is 5.41 Å². The molecule has 2 aromatic carbocycles. The van der Waals surface area contributed by atoms with Crippen molar-refractivity contribution < 1.29 is 4.79 Å². The van der Waals surface area contributed by atoms with E-state index in [0.29, 0.717) is 21.1 Å². The minimum atomic E-state index is -0.778. The topological polar surface area (TPSA) is 54.9 Å². The van der Waals surface area contributed by atoms with Gasteiger partial charge in [0.05, 0.1) is 43.6 Å². The summed E-state index contributed by atoms with van der Waals surface area (Å²) in [6, 6.07) is 11.1. The number of nitrogens with zero attached hydrogens (tertiary/aromatic N) is 2. The van der Waals surface area contributed by atoms with Crippen LogP contribution in [0.2, 0.25) is 10.0 Å². The third-order valence-corrected chi connectivity index (χ3v) is 9.00. The highest BCUT2D eigenvalue weighted by Gasteiger charge is 2.73. The fraction of sp³-hybridized carbons (Fsp3) is 0.348. The molecular weight excluding hydrogens is 485 g/mol. The number of hydrogen-bond acceptors (Lipinski definition) is 3. The lowest BCUT2D eigenvalue weighted by Gasteiger charge is -2.39. The number of fused-ring (bicyclic) bond motifs is 6. The molecule has 2 unspecified atom stereocenters. The number of anilines is 1. The zero-order chi connectivity index (χ0) is 21.5. The summed E-state index contributed by atoms with van der Waals surface area (Å²) in [7, 11) is 0. The number of hydrogen-bond donors (Lipinski definition) is 1. The van der Waals surface area contributed by atoms with Crippen LogP contribution in [0.1, 0.15) is 45.0 Å². The summed E-state index contributed by atoms with van der Waals surface area (Å²) < 4.78 is 0.845. The van der Waals surface area contributed by atoms with Gasteiger partial charge < -0.3 is 5.32 Å². The maximum absolute atomic E-state index is 13.9. The first-order valence-electron chi connectivity index (χ1n) is 9.85. The van der Waals surface area contributed by atoms with E-state index in [1.54, 1.807) is 12.1 Å². The molecule has 2 aliphatic rings. The molecule has 2 atom stereocenters. The zero-order valence-corrected chi connectivity index (χ0v) is 19.9. The quantitative estimate of drug-likeness (QED) is 0.424. The zero-order valence-electron chi connectivity index (χ0n) is 16.8. The number of nitrogens with one attached hydrogen (secondary N) is 1. The van der Waals surface area contributed by atoms with Crippen molar-refractivity contribution in [3.63, 3.8) is 0 Å². The van der Waals surface area contributed by atoms with E-state index < -0.39 is 5.41 Å². The van der Waals surface area contributed by atoms with Crippen molar-refractivity contribution >= 4 is 61.8 Å². The van der Waals surface area contributed by atoms with Crippen LogP contribution in [0.3, 0.4) is 0 Å². The van der Waals surface area contributed by atoms with Gasteiger partial charge in [0.25, 0.3) is 0 Å². The Morgan fingerprint density at radius 2 is 1.60 bits per heavy atom. The SMILES string of the molecule is CC12CCC(C(=O)Nc3ccccc3Br)(c3nc4cc(Cl)c(Cl)cc4nc31)C2(C)C. The van der Waals surface area contributed by atoms with E-state index in [-0.39, 0.29) is 16.7 Å². The Balaban J connectivity index is 1.73. The number of halogens is 3. The van der Waals surface area contributed by atoms with Crippen molar-refractivity contribution in [3.8, 4) is 0 Å². The predicted octanol–water partition coefficient (Wildman–Crippen LogP) is 6.67. The fourth-order valence-corrected chi connectivity index (χ4v) is 6.09. The standard InChI is InChI=1S/C23H20BrCl2N3O/c1-21(2)22(3)8-9-23(21,20(30)29-15-7-5-4-6-12(15)24)19-18(22)27-16-10-13(25)14(26)11-17(16)28-19/h4-7,10-11H,8-9H2,1-3H3,(H,29,30). The average molecular weight is 505 g/mol. The van der Waals surface area contributed by atoms with Gasteiger partial charge in [0.1, 0.15) is 0 Å². The summed E-state index contributed by atoms with van der Waals surface area (Å²) in [4.78, 5) is 23.8. The van der Waals surface area contributed by atoms with Crippen LogP contribution in [0.25, 0.3) is 11.0 Å². The highest BCUT2D eigenvalue weighted by Crippen LogP contribution is 2.70. The summed E-state index contributed by atoms with van der Waals surface area (Å²) in [6.07, 6.45) is 1.60. The first-order valence-corrected chi connectivity index (χ1v) is 11.4. The molecule has 0 saturated heterocycles. The molecule has 1 saturated carbocycles. The number of aromatic nitrogens is 2. The highest BCUT2D eigenvalue weighted by atomic mass is 79.9. The number of carbonyl (C=O) groups excluding carboxylic acids is 1. The molecule has 1 N–H and O–H groups in total. The van der Waals surface area contributed by atoms with Crippen LogP contribution in [-0.4, -0.2) is 15.9 Å². The first-order chi connectivity index (χ1) is 14.1. The molecular formula is C23H20BrCl2N3O. The second-order valence-corrected chi connectivity index (χ2v) is 10.6. The molecule has 4 nitrogen and oxygen atoms in total. The van der Waals surface area contributed by atoms with Crippen LogP contribution in [0.4, 0.5) is 5.69 Å². The van der Waals surface area contributed by atoms with Crippen LogP contribution in [0.15, 0.2) is 40.9 Å². The molecule has 0 aliphatic heterocycles. The number of benzene rings is 2. The molecule has 2 aliphatic carbocycles. The molecule has 1 fully saturated rings. The molecule has 30 heavy (non-hydrogen) atoms. The smallest absolute Gasteiger partial charge is 0.237 e. The van der Waals surface area contributed by atoms with Crippen LogP contribution in [0, 0.1) is 5.41 Å². The molecule has 1 amide bonds. The van der Waals surface area contributed by atoms with Crippen LogP contribution in [0.5, 0.6) is 0 Å². The Morgan fingerprint density at radius 1 is 1.00 bits per heavy atom. The van der Waals surface area contributed by atoms with Crippen molar-refractivity contribution in [3.05, 3.63) is 62.3 Å². The Bertz CT molecular complexity index is 1240. The van der Waals surface area contributed by atoms with Gasteiger partial charge in [-0.15, -0.1) is 0 Å². The molecule has 5 rings (SSSR count). The van der Waals surface area contributed by atoms with Crippen LogP contribution in [-0.2, 0) is 15.6 Å². The first kappa shape index (κ1) is 20.2. The van der Waals surface area contributed by atoms with E-state index in [1.165, 1.54) is 0 Å². The predicted molar refractivity (Wildman–Crippen MR) is 124 cm³/mol. The van der Waals surface area contributed by atoms with Gasteiger partial charge in [-0.1, -0.05) is 56.1 Å². The Morgan fingerprint density at radius 3 is 2.23 bits per heavy atom. The Kier molecular flexibility index (Phi) is 4.32. The molecule has 154 valence electrons. The third-order valence-electron chi connectivity index (χ3n) is 7.59. The lowest BCUT2D eigenvalue weighted by Crippen LogP contribution is -2.48. The van der Waals surface area contributed by atoms with Crippen molar-refractivity contribution in [2.75, 3.05) is 5.32 Å². The lowest BCUT2D eigenvalue weighted by atomic mass is 9.63. The summed E-state index contributed by atoms with van der Waals surface area (Å²) in [5.74, 6) is -0.0458. The van der Waals surface area contributed by atoms with Crippen molar-refractivity contribution in [1.82, 2.24) is 9.97 Å². The third kappa shape index (κ3) is 2.37. The molecule has 1 aromatic heterocycles. The second-order valence-electron chi connectivity index (χ2n) is 8.97. The fourth-order valence-electron chi connectivity index (χ4n) is 5.39. The maximum Gasteiger partial charge on any atom is 0.237 e. The van der Waals surface area contributed by atoms with Crippen LogP contribution >= 0.6 is 39.1 Å². The largest absolute Gasteiger partial charge is 0.324 e. The van der Waals surface area contributed by atoms with Gasteiger partial charge in [0.15, 0.2) is 0 Å². The number of rotatable bonds is 2. The number of amides is 1. The molecule has 3 aromatic rings. The summed E-state index contributed by atoms with van der Waals surface area (Å²) >= 11 is 16.0. The summed E-state index contributed by atoms with van der Waals surface area (Å²) in [6.45, 7) is 6.52. The molecule has 0 spiro atoms. The van der Waals surface area contributed by atoms with E-state index in [1.807, 2.05) is 24.3 Å². The van der Waals surface area contributed by atoms with Gasteiger partial charge in [0, 0.05) is 9.89 Å². The highest BCUT2D eigenvalue weighted by molar-refractivity contribution is 9.10. The van der Waals surface area contributed by atoms with Gasteiger partial charge >= 0.3 is 0 Å². The normalized spacial score (nSPS) is 26.1. The minimum Gasteiger partial charge on any atom is -0.324 e. The summed E-state index contributed by atoms with van der Waals surface area (Å²) in [5.41, 5.74) is 2.36.